The number of nitrogens with two attached hydrogens (primary N) is 1. The van der Waals surface area contributed by atoms with Crippen LogP contribution in [0.1, 0.15) is 5.82 Å². The van der Waals surface area contributed by atoms with Gasteiger partial charge in [0.25, 0.3) is 0 Å². The van der Waals surface area contributed by atoms with Crippen LogP contribution in [0.3, 0.4) is 0 Å². The molecular formula is C14H17N3O2. The SMILES string of the molecule is COc1ccc(OC)c(-c2ccnc(CCN)n2)c1. The van der Waals surface area contributed by atoms with E-state index in [9.17, 15) is 0 Å². The van der Waals surface area contributed by atoms with E-state index in [0.717, 1.165) is 28.6 Å². The van der Waals surface area contributed by atoms with E-state index >= 15 is 0 Å². The average molecular weight is 259 g/mol. The summed E-state index contributed by atoms with van der Waals surface area (Å²) in [5.74, 6) is 2.23. The monoisotopic (exact) mass is 259 g/mol. The molecule has 1 aromatic carbocycles. The summed E-state index contributed by atoms with van der Waals surface area (Å²) in [6, 6.07) is 7.45. The van der Waals surface area contributed by atoms with Crippen LogP contribution in [0.2, 0.25) is 0 Å². The van der Waals surface area contributed by atoms with Crippen LogP contribution in [0, 0.1) is 0 Å². The quantitative estimate of drug-likeness (QED) is 0.884. The highest BCUT2D eigenvalue weighted by Gasteiger charge is 2.09. The predicted molar refractivity (Wildman–Crippen MR) is 73.3 cm³/mol. The zero-order valence-electron chi connectivity index (χ0n) is 11.1. The van der Waals surface area contributed by atoms with Crippen molar-refractivity contribution in [2.24, 2.45) is 5.73 Å². The van der Waals surface area contributed by atoms with Crippen molar-refractivity contribution in [2.75, 3.05) is 20.8 Å². The molecule has 0 saturated heterocycles. The molecule has 0 unspecified atom stereocenters. The summed E-state index contributed by atoms with van der Waals surface area (Å²) < 4.78 is 10.6. The molecule has 0 bridgehead atoms. The van der Waals surface area contributed by atoms with E-state index in [1.54, 1.807) is 20.4 Å². The summed E-state index contributed by atoms with van der Waals surface area (Å²) in [4.78, 5) is 8.68. The van der Waals surface area contributed by atoms with E-state index in [4.69, 9.17) is 15.2 Å². The molecule has 5 nitrogen and oxygen atoms in total. The molecule has 2 rings (SSSR count). The number of hydrogen-bond donors (Lipinski definition) is 1. The first-order chi connectivity index (χ1) is 9.28. The molecule has 0 aliphatic heterocycles. The number of nitrogens with zero attached hydrogens (tertiary/aromatic N) is 2. The first kappa shape index (κ1) is 13.3. The van der Waals surface area contributed by atoms with Gasteiger partial charge in [-0.25, -0.2) is 9.97 Å². The van der Waals surface area contributed by atoms with E-state index < -0.39 is 0 Å². The average Bonchev–Trinajstić information content (AvgIpc) is 2.47. The van der Waals surface area contributed by atoms with Crippen LogP contribution < -0.4 is 15.2 Å². The Morgan fingerprint density at radius 1 is 1.16 bits per heavy atom. The van der Waals surface area contributed by atoms with E-state index in [0.29, 0.717) is 13.0 Å². The second kappa shape index (κ2) is 6.15. The van der Waals surface area contributed by atoms with Gasteiger partial charge < -0.3 is 15.2 Å². The highest BCUT2D eigenvalue weighted by molar-refractivity contribution is 5.68. The Kier molecular flexibility index (Phi) is 4.30. The summed E-state index contributed by atoms with van der Waals surface area (Å²) in [7, 11) is 3.26. The van der Waals surface area contributed by atoms with Crippen LogP contribution in [0.5, 0.6) is 11.5 Å². The highest BCUT2D eigenvalue weighted by atomic mass is 16.5. The van der Waals surface area contributed by atoms with Crippen molar-refractivity contribution in [3.8, 4) is 22.8 Å². The van der Waals surface area contributed by atoms with Crippen molar-refractivity contribution in [3.05, 3.63) is 36.3 Å². The fourth-order valence-electron chi connectivity index (χ4n) is 1.81. The van der Waals surface area contributed by atoms with Gasteiger partial charge in [0, 0.05) is 18.2 Å². The minimum Gasteiger partial charge on any atom is -0.497 e. The van der Waals surface area contributed by atoms with E-state index in [1.807, 2.05) is 24.3 Å². The molecule has 100 valence electrons. The van der Waals surface area contributed by atoms with E-state index in [1.165, 1.54) is 0 Å². The second-order valence-corrected chi connectivity index (χ2v) is 3.96. The van der Waals surface area contributed by atoms with E-state index in [2.05, 4.69) is 9.97 Å². The normalized spacial score (nSPS) is 10.3. The molecule has 0 aliphatic rings. The lowest BCUT2D eigenvalue weighted by Gasteiger charge is -2.10. The third kappa shape index (κ3) is 3.00. The van der Waals surface area contributed by atoms with Crippen LogP contribution in [0.4, 0.5) is 0 Å². The molecule has 1 heterocycles. The third-order valence-corrected chi connectivity index (χ3v) is 2.76. The molecule has 2 N–H and O–H groups in total. The maximum Gasteiger partial charge on any atom is 0.130 e. The fourth-order valence-corrected chi connectivity index (χ4v) is 1.81. The maximum absolute atomic E-state index is 5.53. The zero-order valence-corrected chi connectivity index (χ0v) is 11.1. The summed E-state index contributed by atoms with van der Waals surface area (Å²) in [6.45, 7) is 0.526. The minimum atomic E-state index is 0.526. The van der Waals surface area contributed by atoms with E-state index in [-0.39, 0.29) is 0 Å². The van der Waals surface area contributed by atoms with Crippen molar-refractivity contribution in [1.29, 1.82) is 0 Å². The second-order valence-electron chi connectivity index (χ2n) is 3.96. The Morgan fingerprint density at radius 2 is 2.00 bits per heavy atom. The molecule has 19 heavy (non-hydrogen) atoms. The molecule has 5 heteroatoms. The summed E-state index contributed by atoms with van der Waals surface area (Å²) in [5, 5.41) is 0. The van der Waals surface area contributed by atoms with Gasteiger partial charge in [0.1, 0.15) is 17.3 Å². The molecule has 0 radical (unpaired) electrons. The molecule has 0 spiro atoms. The van der Waals surface area contributed by atoms with Crippen molar-refractivity contribution in [2.45, 2.75) is 6.42 Å². The summed E-state index contributed by atoms with van der Waals surface area (Å²) >= 11 is 0. The number of hydrogen-bond acceptors (Lipinski definition) is 5. The van der Waals surface area contributed by atoms with Gasteiger partial charge in [-0.3, -0.25) is 0 Å². The topological polar surface area (TPSA) is 70.3 Å². The standard InChI is InChI=1S/C14H17N3O2/c1-18-10-3-4-13(19-2)11(9-10)12-6-8-16-14(17-12)5-7-15/h3-4,6,8-9H,5,7,15H2,1-2H3. The van der Waals surface area contributed by atoms with Gasteiger partial charge in [0.05, 0.1) is 19.9 Å². The number of rotatable bonds is 5. The Labute approximate surface area is 112 Å². The van der Waals surface area contributed by atoms with Gasteiger partial charge in [0.15, 0.2) is 0 Å². The zero-order chi connectivity index (χ0) is 13.7. The van der Waals surface area contributed by atoms with Gasteiger partial charge in [-0.05, 0) is 30.8 Å². The highest BCUT2D eigenvalue weighted by Crippen LogP contribution is 2.32. The number of ether oxygens (including phenoxy) is 2. The minimum absolute atomic E-state index is 0.526. The fraction of sp³-hybridized carbons (Fsp3) is 0.286. The maximum atomic E-state index is 5.53. The molecule has 0 saturated carbocycles. The van der Waals surface area contributed by atoms with Crippen molar-refractivity contribution in [1.82, 2.24) is 9.97 Å². The molecule has 0 aliphatic carbocycles. The number of benzene rings is 1. The third-order valence-electron chi connectivity index (χ3n) is 2.76. The number of aromatic nitrogens is 2. The van der Waals surface area contributed by atoms with Gasteiger partial charge in [-0.2, -0.15) is 0 Å². The Balaban J connectivity index is 2.47. The van der Waals surface area contributed by atoms with Crippen LogP contribution in [0.15, 0.2) is 30.5 Å². The lowest BCUT2D eigenvalue weighted by molar-refractivity contribution is 0.404. The molecule has 0 atom stereocenters. The molecule has 1 aromatic heterocycles. The molecular weight excluding hydrogens is 242 g/mol. The Bertz CT molecular complexity index is 558. The summed E-state index contributed by atoms with van der Waals surface area (Å²) in [5.41, 5.74) is 7.20. The van der Waals surface area contributed by atoms with Gasteiger partial charge in [-0.15, -0.1) is 0 Å². The number of methoxy groups -OCH3 is 2. The lowest BCUT2D eigenvalue weighted by Crippen LogP contribution is -2.06. The molecule has 2 aromatic rings. The van der Waals surface area contributed by atoms with Gasteiger partial charge in [0.2, 0.25) is 0 Å². The van der Waals surface area contributed by atoms with Crippen LogP contribution in [0.25, 0.3) is 11.3 Å². The Morgan fingerprint density at radius 3 is 2.68 bits per heavy atom. The Hall–Kier alpha value is -2.14. The van der Waals surface area contributed by atoms with Crippen molar-refractivity contribution < 1.29 is 9.47 Å². The van der Waals surface area contributed by atoms with Crippen LogP contribution >= 0.6 is 0 Å². The largest absolute Gasteiger partial charge is 0.497 e. The predicted octanol–water partition coefficient (Wildman–Crippen LogP) is 1.66. The molecule has 0 fully saturated rings. The van der Waals surface area contributed by atoms with Gasteiger partial charge in [-0.1, -0.05) is 0 Å². The lowest BCUT2D eigenvalue weighted by atomic mass is 10.1. The van der Waals surface area contributed by atoms with Crippen molar-refractivity contribution >= 4 is 0 Å². The first-order valence-electron chi connectivity index (χ1n) is 6.03. The van der Waals surface area contributed by atoms with Gasteiger partial charge >= 0.3 is 0 Å². The van der Waals surface area contributed by atoms with Crippen LogP contribution in [-0.4, -0.2) is 30.7 Å². The first-order valence-corrected chi connectivity index (χ1v) is 6.03. The van der Waals surface area contributed by atoms with Crippen molar-refractivity contribution in [3.63, 3.8) is 0 Å². The van der Waals surface area contributed by atoms with Crippen LogP contribution in [-0.2, 0) is 6.42 Å². The summed E-state index contributed by atoms with van der Waals surface area (Å²) in [6.07, 6.45) is 2.38. The smallest absolute Gasteiger partial charge is 0.130 e. The molecule has 0 amide bonds.